The number of ether oxygens (including phenoxy) is 1. The molecule has 1 aliphatic heterocycles. The van der Waals surface area contributed by atoms with E-state index in [4.69, 9.17) is 21.3 Å². The maximum absolute atomic E-state index is 12.7. The summed E-state index contributed by atoms with van der Waals surface area (Å²) in [5, 5.41) is 0.784. The summed E-state index contributed by atoms with van der Waals surface area (Å²) in [7, 11) is 0. The van der Waals surface area contributed by atoms with E-state index in [0.717, 1.165) is 49.5 Å². The molecule has 2 fully saturated rings. The summed E-state index contributed by atoms with van der Waals surface area (Å²) < 4.78 is 5.80. The molecule has 2 aromatic rings. The van der Waals surface area contributed by atoms with Gasteiger partial charge in [-0.3, -0.25) is 9.88 Å². The van der Waals surface area contributed by atoms with E-state index in [1.807, 2.05) is 23.2 Å². The number of carbonyl (C=O) groups is 1. The number of pyridine rings is 1. The van der Waals surface area contributed by atoms with Crippen LogP contribution < -0.4 is 0 Å². The summed E-state index contributed by atoms with van der Waals surface area (Å²) >= 11 is 6.32. The topological polar surface area (TPSA) is 45.7 Å². The molecule has 0 N–H and O–H groups in total. The van der Waals surface area contributed by atoms with Crippen LogP contribution >= 0.6 is 11.6 Å². The van der Waals surface area contributed by atoms with Crippen LogP contribution in [0.15, 0.2) is 36.5 Å². The number of halogens is 1. The average molecular weight is 440 g/mol. The first-order chi connectivity index (χ1) is 15.2. The largest absolute Gasteiger partial charge is 0.446 e. The van der Waals surface area contributed by atoms with Gasteiger partial charge in [0.05, 0.1) is 11.7 Å². The van der Waals surface area contributed by atoms with Crippen LogP contribution in [0.5, 0.6) is 0 Å². The van der Waals surface area contributed by atoms with E-state index in [2.05, 4.69) is 23.1 Å². The number of benzene rings is 1. The molecule has 3 aliphatic rings. The Kier molecular flexibility index (Phi) is 6.15. The van der Waals surface area contributed by atoms with Crippen molar-refractivity contribution in [2.45, 2.75) is 57.1 Å². The van der Waals surface area contributed by atoms with Crippen LogP contribution in [0.1, 0.15) is 60.5 Å². The molecular formula is C25H30ClN3O2. The Hall–Kier alpha value is -2.11. The summed E-state index contributed by atoms with van der Waals surface area (Å²) in [5.74, 6) is 0. The fourth-order valence-electron chi connectivity index (χ4n) is 5.32. The lowest BCUT2D eigenvalue weighted by Gasteiger charge is -2.39. The third-order valence-electron chi connectivity index (χ3n) is 7.01. The van der Waals surface area contributed by atoms with E-state index < -0.39 is 0 Å². The molecule has 1 aromatic carbocycles. The minimum absolute atomic E-state index is 0.0995. The van der Waals surface area contributed by atoms with Crippen molar-refractivity contribution in [2.75, 3.05) is 26.2 Å². The number of carbonyl (C=O) groups excluding carboxylic acids is 1. The Balaban J connectivity index is 1.33. The van der Waals surface area contributed by atoms with Gasteiger partial charge in [-0.2, -0.15) is 0 Å². The molecule has 5 nitrogen and oxygen atoms in total. The van der Waals surface area contributed by atoms with Crippen molar-refractivity contribution in [3.05, 3.63) is 63.9 Å². The lowest BCUT2D eigenvalue weighted by atomic mass is 9.96. The number of rotatable bonds is 2. The van der Waals surface area contributed by atoms with Crippen LogP contribution in [0.4, 0.5) is 4.79 Å². The minimum atomic E-state index is -0.141. The Morgan fingerprint density at radius 2 is 1.77 bits per heavy atom. The number of aromatic nitrogens is 1. The van der Waals surface area contributed by atoms with Gasteiger partial charge >= 0.3 is 6.09 Å². The first kappa shape index (κ1) is 20.8. The van der Waals surface area contributed by atoms with Crippen LogP contribution in [-0.4, -0.2) is 53.2 Å². The van der Waals surface area contributed by atoms with Gasteiger partial charge in [0.25, 0.3) is 0 Å². The van der Waals surface area contributed by atoms with Crippen LogP contribution in [0.25, 0.3) is 0 Å². The molecule has 2 aliphatic carbocycles. The van der Waals surface area contributed by atoms with Crippen molar-refractivity contribution in [1.29, 1.82) is 0 Å². The van der Waals surface area contributed by atoms with Crippen molar-refractivity contribution in [1.82, 2.24) is 14.8 Å². The van der Waals surface area contributed by atoms with Gasteiger partial charge in [0.1, 0.15) is 6.10 Å². The molecule has 6 heteroatoms. The van der Waals surface area contributed by atoms with E-state index in [1.165, 1.54) is 36.0 Å². The number of aryl methyl sites for hydroxylation is 2. The number of nitrogens with zero attached hydrogens (tertiary/aromatic N) is 3. The summed E-state index contributed by atoms with van der Waals surface area (Å²) in [6.07, 6.45) is 9.42. The average Bonchev–Trinajstić information content (AvgIpc) is 2.96. The van der Waals surface area contributed by atoms with Gasteiger partial charge in [-0.1, -0.05) is 30.2 Å². The van der Waals surface area contributed by atoms with Crippen LogP contribution in [0, 0.1) is 0 Å². The lowest BCUT2D eigenvalue weighted by Crippen LogP contribution is -2.50. The highest BCUT2D eigenvalue weighted by Gasteiger charge is 2.33. The number of amides is 1. The molecule has 2 heterocycles. The molecular weight excluding hydrogens is 410 g/mol. The highest BCUT2D eigenvalue weighted by Crippen LogP contribution is 2.37. The van der Waals surface area contributed by atoms with E-state index in [-0.39, 0.29) is 18.2 Å². The van der Waals surface area contributed by atoms with Crippen LogP contribution in [0.3, 0.4) is 0 Å². The van der Waals surface area contributed by atoms with Gasteiger partial charge in [0.2, 0.25) is 0 Å². The maximum atomic E-state index is 12.7. The molecule has 1 atom stereocenters. The van der Waals surface area contributed by atoms with Crippen molar-refractivity contribution in [3.8, 4) is 0 Å². The second kappa shape index (κ2) is 9.17. The van der Waals surface area contributed by atoms with Crippen LogP contribution in [0.2, 0.25) is 5.02 Å². The number of hydrogen-bond donors (Lipinski definition) is 0. The Bertz CT molecular complexity index is 936. The molecule has 1 saturated heterocycles. The molecule has 0 spiro atoms. The zero-order valence-corrected chi connectivity index (χ0v) is 18.7. The molecule has 0 radical (unpaired) electrons. The molecule has 1 aromatic heterocycles. The second-order valence-electron chi connectivity index (χ2n) is 8.96. The fraction of sp³-hybridized carbons (Fsp3) is 0.520. The predicted octanol–water partition coefficient (Wildman–Crippen LogP) is 5.01. The van der Waals surface area contributed by atoms with Crippen molar-refractivity contribution < 1.29 is 9.53 Å². The second-order valence-corrected chi connectivity index (χ2v) is 9.40. The first-order valence-electron chi connectivity index (χ1n) is 11.6. The molecule has 1 saturated carbocycles. The fourth-order valence-corrected chi connectivity index (χ4v) is 5.51. The third-order valence-corrected chi connectivity index (χ3v) is 7.24. The minimum Gasteiger partial charge on any atom is -0.446 e. The van der Waals surface area contributed by atoms with Gasteiger partial charge in [0, 0.05) is 37.4 Å². The zero-order chi connectivity index (χ0) is 21.2. The number of piperazine rings is 1. The molecule has 0 bridgehead atoms. The molecule has 1 amide bonds. The number of fused-ring (bicyclic) bond motifs is 2. The van der Waals surface area contributed by atoms with Gasteiger partial charge in [0.15, 0.2) is 0 Å². The molecule has 0 unspecified atom stereocenters. The quantitative estimate of drug-likeness (QED) is 0.659. The number of hydrogen-bond acceptors (Lipinski definition) is 4. The normalized spacial score (nSPS) is 22.4. The highest BCUT2D eigenvalue weighted by atomic mass is 35.5. The van der Waals surface area contributed by atoms with E-state index in [1.54, 1.807) is 0 Å². The van der Waals surface area contributed by atoms with Crippen molar-refractivity contribution in [2.24, 2.45) is 0 Å². The monoisotopic (exact) mass is 439 g/mol. The Morgan fingerprint density at radius 3 is 2.58 bits per heavy atom. The van der Waals surface area contributed by atoms with Crippen molar-refractivity contribution >= 4 is 17.7 Å². The highest BCUT2D eigenvalue weighted by molar-refractivity contribution is 6.30. The van der Waals surface area contributed by atoms with Gasteiger partial charge < -0.3 is 9.64 Å². The van der Waals surface area contributed by atoms with Crippen LogP contribution in [-0.2, 0) is 17.6 Å². The lowest BCUT2D eigenvalue weighted by molar-refractivity contribution is 0.0292. The summed E-state index contributed by atoms with van der Waals surface area (Å²) in [5.41, 5.74) is 5.04. The third kappa shape index (κ3) is 4.44. The van der Waals surface area contributed by atoms with E-state index in [9.17, 15) is 4.79 Å². The molecule has 164 valence electrons. The predicted molar refractivity (Wildman–Crippen MR) is 121 cm³/mol. The SMILES string of the molecule is O=C(OC1CCCCC1)N1CCN([C@H]2c3ccc(Cl)cc3CCc3cccnc32)CC1. The summed E-state index contributed by atoms with van der Waals surface area (Å²) in [6.45, 7) is 2.99. The van der Waals surface area contributed by atoms with Crippen molar-refractivity contribution in [3.63, 3.8) is 0 Å². The molecule has 5 rings (SSSR count). The maximum Gasteiger partial charge on any atom is 0.410 e. The smallest absolute Gasteiger partial charge is 0.410 e. The van der Waals surface area contributed by atoms with Gasteiger partial charge in [-0.25, -0.2) is 4.79 Å². The first-order valence-corrected chi connectivity index (χ1v) is 12.0. The molecule has 31 heavy (non-hydrogen) atoms. The zero-order valence-electron chi connectivity index (χ0n) is 17.9. The Labute approximate surface area is 189 Å². The van der Waals surface area contributed by atoms with Gasteiger partial charge in [-0.05, 0) is 73.4 Å². The van der Waals surface area contributed by atoms with Gasteiger partial charge in [-0.15, -0.1) is 0 Å². The Morgan fingerprint density at radius 1 is 1.00 bits per heavy atom. The summed E-state index contributed by atoms with van der Waals surface area (Å²) in [4.78, 5) is 21.9. The van der Waals surface area contributed by atoms with E-state index in [0.29, 0.717) is 13.1 Å². The summed E-state index contributed by atoms with van der Waals surface area (Å²) in [6, 6.07) is 10.6. The standard InChI is InChI=1S/C25H30ClN3O2/c26-20-10-11-22-19(17-20)9-8-18-5-4-12-27-23(18)24(22)28-13-15-29(16-14-28)25(30)31-21-6-2-1-3-7-21/h4-5,10-12,17,21,24H,1-3,6-9,13-16H2/t24-/m0/s1. The van der Waals surface area contributed by atoms with E-state index >= 15 is 0 Å².